The molecule has 0 saturated heterocycles. The molecule has 12 heavy (non-hydrogen) atoms. The number of rotatable bonds is 3. The first-order chi connectivity index (χ1) is 5.60. The Morgan fingerprint density at radius 2 is 2.33 bits per heavy atom. The van der Waals surface area contributed by atoms with Crippen LogP contribution in [0.25, 0.3) is 0 Å². The van der Waals surface area contributed by atoms with Gasteiger partial charge in [-0.05, 0) is 0 Å². The Morgan fingerprint density at radius 3 is 2.75 bits per heavy atom. The Balaban J connectivity index is 3.05. The molecular weight excluding hydrogens is 196 g/mol. The average molecular weight is 206 g/mol. The van der Waals surface area contributed by atoms with Crippen LogP contribution in [0.15, 0.2) is 10.4 Å². The van der Waals surface area contributed by atoms with Gasteiger partial charge in [0, 0.05) is 11.9 Å². The summed E-state index contributed by atoms with van der Waals surface area (Å²) in [6.45, 7) is 1.89. The summed E-state index contributed by atoms with van der Waals surface area (Å²) >= 11 is 1.28. The molecule has 6 heteroatoms. The molecule has 0 amide bonds. The lowest BCUT2D eigenvalue weighted by molar-refractivity contribution is 0.594. The van der Waals surface area contributed by atoms with E-state index in [0.717, 1.165) is 0 Å². The lowest BCUT2D eigenvalue weighted by atomic mass is 10.7. The summed E-state index contributed by atoms with van der Waals surface area (Å²) in [5, 5.41) is 2.33. The molecule has 0 aromatic carbocycles. The second kappa shape index (κ2) is 3.51. The molecule has 68 valence electrons. The molecule has 0 unspecified atom stereocenters. The molecule has 0 atom stereocenters. The van der Waals surface area contributed by atoms with Crippen molar-refractivity contribution in [1.82, 2.24) is 4.98 Å². The van der Waals surface area contributed by atoms with Crippen molar-refractivity contribution in [3.05, 3.63) is 10.4 Å². The topological polar surface area (TPSA) is 73.0 Å². The van der Waals surface area contributed by atoms with Gasteiger partial charge in [-0.1, -0.05) is 6.92 Å². The van der Waals surface area contributed by atoms with Crippen LogP contribution in [0, 0.1) is 0 Å². The lowest BCUT2D eigenvalue weighted by Gasteiger charge is -1.92. The van der Waals surface area contributed by atoms with Crippen molar-refractivity contribution in [3.8, 4) is 0 Å². The van der Waals surface area contributed by atoms with Gasteiger partial charge in [0.1, 0.15) is 5.01 Å². The summed E-state index contributed by atoms with van der Waals surface area (Å²) in [5.41, 5.74) is 5.30. The van der Waals surface area contributed by atoms with Crippen molar-refractivity contribution in [2.45, 2.75) is 18.5 Å². The highest BCUT2D eigenvalue weighted by Crippen LogP contribution is 2.14. The van der Waals surface area contributed by atoms with Gasteiger partial charge in [0.2, 0.25) is 0 Å². The summed E-state index contributed by atoms with van der Waals surface area (Å²) in [5.74, 6) is 0.0841. The highest BCUT2D eigenvalue weighted by molar-refractivity contribution is 7.91. The smallest absolute Gasteiger partial charge is 0.196 e. The van der Waals surface area contributed by atoms with E-state index in [2.05, 4.69) is 4.98 Å². The molecule has 1 aromatic rings. The maximum absolute atomic E-state index is 11.2. The Labute approximate surface area is 75.4 Å². The number of nitrogens with two attached hydrogens (primary N) is 1. The van der Waals surface area contributed by atoms with Crippen LogP contribution in [-0.2, 0) is 16.4 Å². The Morgan fingerprint density at radius 1 is 1.67 bits per heavy atom. The zero-order valence-electron chi connectivity index (χ0n) is 6.65. The molecule has 0 aliphatic rings. The van der Waals surface area contributed by atoms with E-state index in [1.54, 1.807) is 6.92 Å². The van der Waals surface area contributed by atoms with Crippen molar-refractivity contribution in [2.75, 3.05) is 5.75 Å². The maximum atomic E-state index is 11.2. The van der Waals surface area contributed by atoms with Crippen molar-refractivity contribution in [2.24, 2.45) is 5.73 Å². The van der Waals surface area contributed by atoms with Crippen LogP contribution in [0.4, 0.5) is 0 Å². The number of hydrogen-bond donors (Lipinski definition) is 1. The van der Waals surface area contributed by atoms with Gasteiger partial charge in [-0.25, -0.2) is 13.4 Å². The van der Waals surface area contributed by atoms with E-state index < -0.39 is 9.84 Å². The first-order valence-electron chi connectivity index (χ1n) is 3.47. The van der Waals surface area contributed by atoms with Crippen LogP contribution in [-0.4, -0.2) is 19.2 Å². The van der Waals surface area contributed by atoms with Gasteiger partial charge in [0.05, 0.1) is 5.75 Å². The summed E-state index contributed by atoms with van der Waals surface area (Å²) < 4.78 is 22.5. The number of nitrogens with zero attached hydrogens (tertiary/aromatic N) is 1. The Kier molecular flexibility index (Phi) is 2.81. The van der Waals surface area contributed by atoms with Crippen molar-refractivity contribution in [3.63, 3.8) is 0 Å². The van der Waals surface area contributed by atoms with Crippen LogP contribution in [0.5, 0.6) is 0 Å². The second-order valence-corrected chi connectivity index (χ2v) is 5.35. The minimum Gasteiger partial charge on any atom is -0.325 e. The molecular formula is C6H10N2O2S2. The summed E-state index contributed by atoms with van der Waals surface area (Å²) in [6.07, 6.45) is 0. The molecule has 0 radical (unpaired) electrons. The standard InChI is InChI=1S/C6H10N2O2S2/c1-2-12(9,10)6-4-11-5(3-7)8-6/h4H,2-3,7H2,1H3. The number of hydrogen-bond acceptors (Lipinski definition) is 5. The third-order valence-corrected chi connectivity index (χ3v) is 4.03. The fourth-order valence-corrected chi connectivity index (χ4v) is 2.55. The van der Waals surface area contributed by atoms with Gasteiger partial charge in [-0.3, -0.25) is 0 Å². The number of aromatic nitrogens is 1. The average Bonchev–Trinajstić information content (AvgIpc) is 2.52. The van der Waals surface area contributed by atoms with Gasteiger partial charge in [0.25, 0.3) is 0 Å². The minimum atomic E-state index is -3.14. The van der Waals surface area contributed by atoms with E-state index in [-0.39, 0.29) is 10.8 Å². The third kappa shape index (κ3) is 1.82. The molecule has 1 aromatic heterocycles. The highest BCUT2D eigenvalue weighted by Gasteiger charge is 2.14. The largest absolute Gasteiger partial charge is 0.325 e. The molecule has 0 fully saturated rings. The van der Waals surface area contributed by atoms with Crippen LogP contribution in [0.1, 0.15) is 11.9 Å². The van der Waals surface area contributed by atoms with Gasteiger partial charge < -0.3 is 5.73 Å². The maximum Gasteiger partial charge on any atom is 0.196 e. The number of thiazole rings is 1. The monoisotopic (exact) mass is 206 g/mol. The normalized spacial score (nSPS) is 11.8. The van der Waals surface area contributed by atoms with E-state index in [0.29, 0.717) is 11.6 Å². The minimum absolute atomic E-state index is 0.0841. The molecule has 1 rings (SSSR count). The molecule has 4 nitrogen and oxygen atoms in total. The second-order valence-electron chi connectivity index (χ2n) is 2.19. The van der Waals surface area contributed by atoms with E-state index in [4.69, 9.17) is 5.73 Å². The van der Waals surface area contributed by atoms with Crippen molar-refractivity contribution >= 4 is 21.2 Å². The SMILES string of the molecule is CCS(=O)(=O)c1csc(CN)n1. The zero-order chi connectivity index (χ0) is 9.19. The van der Waals surface area contributed by atoms with Crippen molar-refractivity contribution < 1.29 is 8.42 Å². The molecule has 0 spiro atoms. The summed E-state index contributed by atoms with van der Waals surface area (Å²) in [7, 11) is -3.14. The zero-order valence-corrected chi connectivity index (χ0v) is 8.28. The fourth-order valence-electron chi connectivity index (χ4n) is 0.679. The van der Waals surface area contributed by atoms with E-state index >= 15 is 0 Å². The van der Waals surface area contributed by atoms with E-state index in [1.807, 2.05) is 0 Å². The highest BCUT2D eigenvalue weighted by atomic mass is 32.2. The van der Waals surface area contributed by atoms with E-state index in [9.17, 15) is 8.42 Å². The predicted octanol–water partition coefficient (Wildman–Crippen LogP) is 0.395. The molecule has 0 saturated carbocycles. The van der Waals surface area contributed by atoms with Crippen molar-refractivity contribution in [1.29, 1.82) is 0 Å². The van der Waals surface area contributed by atoms with Crippen LogP contribution in [0.2, 0.25) is 0 Å². The van der Waals surface area contributed by atoms with Gasteiger partial charge in [0.15, 0.2) is 14.9 Å². The molecule has 1 heterocycles. The van der Waals surface area contributed by atoms with Gasteiger partial charge in [-0.15, -0.1) is 11.3 Å². The predicted molar refractivity (Wildman–Crippen MR) is 47.7 cm³/mol. The molecule has 0 bridgehead atoms. The Bertz CT molecular complexity index is 355. The quantitative estimate of drug-likeness (QED) is 0.776. The lowest BCUT2D eigenvalue weighted by Crippen LogP contribution is -2.04. The van der Waals surface area contributed by atoms with Crippen LogP contribution in [0.3, 0.4) is 0 Å². The fraction of sp³-hybridized carbons (Fsp3) is 0.500. The van der Waals surface area contributed by atoms with E-state index in [1.165, 1.54) is 16.7 Å². The molecule has 2 N–H and O–H groups in total. The van der Waals surface area contributed by atoms with Gasteiger partial charge >= 0.3 is 0 Å². The molecule has 0 aliphatic carbocycles. The first kappa shape index (κ1) is 9.63. The summed E-state index contributed by atoms with van der Waals surface area (Å²) in [4.78, 5) is 3.88. The van der Waals surface area contributed by atoms with Crippen LogP contribution >= 0.6 is 11.3 Å². The first-order valence-corrected chi connectivity index (χ1v) is 6.00. The Hall–Kier alpha value is -0.460. The van der Waals surface area contributed by atoms with Crippen LogP contribution < -0.4 is 5.73 Å². The molecule has 0 aliphatic heterocycles. The third-order valence-electron chi connectivity index (χ3n) is 1.40. The van der Waals surface area contributed by atoms with Gasteiger partial charge in [-0.2, -0.15) is 0 Å². The summed E-state index contributed by atoms with van der Waals surface area (Å²) in [6, 6.07) is 0. The number of sulfone groups is 1.